The van der Waals surface area contributed by atoms with Crippen LogP contribution in [0.5, 0.6) is 0 Å². The van der Waals surface area contributed by atoms with Crippen LogP contribution in [-0.4, -0.2) is 17.0 Å². The number of hydrogen-bond acceptors (Lipinski definition) is 2. The van der Waals surface area contributed by atoms with Gasteiger partial charge in [0, 0.05) is 6.15 Å². The molecule has 0 saturated carbocycles. The molecule has 0 aliphatic rings. The predicted molar refractivity (Wildman–Crippen MR) is 24.5 cm³/mol. The number of carbonyl (C=O) groups is 1. The van der Waals surface area contributed by atoms with Crippen LogP contribution in [0.1, 0.15) is 13.8 Å². The molecule has 3 heteroatoms. The first-order valence-electron chi connectivity index (χ1n) is 1.83. The molecule has 0 bridgehead atoms. The van der Waals surface area contributed by atoms with Gasteiger partial charge in [-0.15, -0.1) is 0 Å². The van der Waals surface area contributed by atoms with Gasteiger partial charge in [0.25, 0.3) is 0 Å². The number of nitrogens with zero attached hydrogens (tertiary/aromatic N) is 1. The molecule has 0 aromatic rings. The van der Waals surface area contributed by atoms with E-state index in [1.807, 2.05) is 0 Å². The molecule has 0 aromatic heterocycles. The van der Waals surface area contributed by atoms with E-state index < -0.39 is 6.10 Å². The highest BCUT2D eigenvalue weighted by atomic mass is 16.3. The molecule has 0 saturated heterocycles. The normalized spacial score (nSPS) is 11.9. The van der Waals surface area contributed by atoms with Crippen molar-refractivity contribution in [2.45, 2.75) is 20.0 Å². The summed E-state index contributed by atoms with van der Waals surface area (Å²) in [6.45, 7) is 2.80. The Balaban J connectivity index is 0. The number of hydrogen-bond donors (Lipinski definition) is 1. The average molecular weight is 102 g/mol. The summed E-state index contributed by atoms with van der Waals surface area (Å²) in [5.74, 6) is -0.185. The van der Waals surface area contributed by atoms with Gasteiger partial charge in [0.1, 0.15) is 6.10 Å². The summed E-state index contributed by atoms with van der Waals surface area (Å²) in [7, 11) is 0. The average Bonchev–Trinajstić information content (AvgIpc) is 1.36. The van der Waals surface area contributed by atoms with Gasteiger partial charge in [-0.25, -0.2) is 0 Å². The zero-order valence-corrected chi connectivity index (χ0v) is 4.38. The molecular weight excluding hydrogens is 94.0 g/mol. The van der Waals surface area contributed by atoms with Crippen LogP contribution in [-0.2, 0) is 4.79 Å². The second-order valence-electron chi connectivity index (χ2n) is 1.29. The van der Waals surface area contributed by atoms with E-state index in [1.54, 1.807) is 0 Å². The van der Waals surface area contributed by atoms with Crippen LogP contribution in [0.4, 0.5) is 0 Å². The predicted octanol–water partition coefficient (Wildman–Crippen LogP) is -0.524. The van der Waals surface area contributed by atoms with E-state index in [0.29, 0.717) is 0 Å². The van der Waals surface area contributed by atoms with E-state index >= 15 is 0 Å². The Morgan fingerprint density at radius 2 is 1.86 bits per heavy atom. The lowest BCUT2D eigenvalue weighted by Crippen LogP contribution is -2.10. The van der Waals surface area contributed by atoms with Crippen molar-refractivity contribution < 1.29 is 9.90 Å². The van der Waals surface area contributed by atoms with Gasteiger partial charge in [0.2, 0.25) is 0 Å². The second-order valence-corrected chi connectivity index (χ2v) is 1.29. The van der Waals surface area contributed by atoms with Gasteiger partial charge in [-0.2, -0.15) is 0 Å². The lowest BCUT2D eigenvalue weighted by Gasteiger charge is -1.90. The minimum atomic E-state index is -0.787. The van der Waals surface area contributed by atoms with E-state index in [0.717, 1.165) is 0 Å². The number of Topliss-reactive ketones (excluding diaryl/α,β-unsaturated/α-hetero) is 1. The fraction of sp³-hybridized carbons (Fsp3) is 0.750. The standard InChI is InChI=1S/C4H8O2.N/c1-3(5)4(2)6;/h3,5H,1-2H3;. The molecule has 0 aliphatic heterocycles. The monoisotopic (exact) mass is 102 g/mol. The molecule has 41 valence electrons. The third-order valence-corrected chi connectivity index (χ3v) is 0.588. The molecule has 0 amide bonds. The highest BCUT2D eigenvalue weighted by Crippen LogP contribution is 1.76. The van der Waals surface area contributed by atoms with Crippen molar-refractivity contribution >= 4 is 5.78 Å². The Morgan fingerprint density at radius 1 is 1.71 bits per heavy atom. The number of ketones is 1. The molecule has 0 aromatic carbocycles. The molecule has 3 nitrogen and oxygen atoms in total. The van der Waals surface area contributed by atoms with Gasteiger partial charge >= 0.3 is 0 Å². The van der Waals surface area contributed by atoms with Gasteiger partial charge in [-0.05, 0) is 13.8 Å². The lowest BCUT2D eigenvalue weighted by atomic mass is 10.3. The maximum atomic E-state index is 9.89. The van der Waals surface area contributed by atoms with Crippen molar-refractivity contribution in [1.82, 2.24) is 6.15 Å². The van der Waals surface area contributed by atoms with E-state index in [4.69, 9.17) is 5.11 Å². The Morgan fingerprint density at radius 3 is 1.86 bits per heavy atom. The molecule has 1 N–H and O–H groups in total. The van der Waals surface area contributed by atoms with Crippen LogP contribution >= 0.6 is 0 Å². The molecule has 1 atom stereocenters. The number of rotatable bonds is 1. The van der Waals surface area contributed by atoms with Crippen LogP contribution in [0.25, 0.3) is 0 Å². The Labute approximate surface area is 42.9 Å². The maximum absolute atomic E-state index is 9.89. The molecular formula is C4H8NO2. The fourth-order valence-electron chi connectivity index (χ4n) is 0. The summed E-state index contributed by atoms with van der Waals surface area (Å²) >= 11 is 0. The molecule has 1 unspecified atom stereocenters. The minimum absolute atomic E-state index is 0. The zero-order chi connectivity index (χ0) is 5.15. The highest BCUT2D eigenvalue weighted by Gasteiger charge is 1.97. The SMILES string of the molecule is CC(=O)C(C)O.[N]. The Kier molecular flexibility index (Phi) is 5.26. The van der Waals surface area contributed by atoms with E-state index in [-0.39, 0.29) is 11.9 Å². The lowest BCUT2D eigenvalue weighted by molar-refractivity contribution is -0.124. The van der Waals surface area contributed by atoms with Crippen molar-refractivity contribution in [2.24, 2.45) is 0 Å². The van der Waals surface area contributed by atoms with E-state index in [9.17, 15) is 4.79 Å². The van der Waals surface area contributed by atoms with E-state index in [1.165, 1.54) is 13.8 Å². The van der Waals surface area contributed by atoms with Crippen LogP contribution < -0.4 is 6.15 Å². The summed E-state index contributed by atoms with van der Waals surface area (Å²) in [5, 5.41) is 8.28. The number of carbonyl (C=O) groups excluding carboxylic acids is 1. The van der Waals surface area contributed by atoms with Gasteiger partial charge in [0.15, 0.2) is 5.78 Å². The van der Waals surface area contributed by atoms with Gasteiger partial charge in [-0.3, -0.25) is 4.79 Å². The first-order chi connectivity index (χ1) is 2.64. The molecule has 0 heterocycles. The van der Waals surface area contributed by atoms with Crippen LogP contribution in [0, 0.1) is 0 Å². The van der Waals surface area contributed by atoms with Crippen LogP contribution in [0.2, 0.25) is 0 Å². The van der Waals surface area contributed by atoms with Gasteiger partial charge in [0.05, 0.1) is 0 Å². The van der Waals surface area contributed by atoms with Gasteiger partial charge < -0.3 is 5.11 Å². The first-order valence-corrected chi connectivity index (χ1v) is 1.83. The summed E-state index contributed by atoms with van der Waals surface area (Å²) in [6, 6.07) is 0. The zero-order valence-electron chi connectivity index (χ0n) is 4.38. The van der Waals surface area contributed by atoms with Crippen molar-refractivity contribution in [3.05, 3.63) is 0 Å². The molecule has 0 aliphatic carbocycles. The summed E-state index contributed by atoms with van der Waals surface area (Å²) in [5.41, 5.74) is 0. The highest BCUT2D eigenvalue weighted by molar-refractivity contribution is 5.79. The Hall–Kier alpha value is -0.410. The number of aliphatic hydroxyl groups is 1. The van der Waals surface area contributed by atoms with Gasteiger partial charge in [-0.1, -0.05) is 0 Å². The van der Waals surface area contributed by atoms with Crippen molar-refractivity contribution in [3.63, 3.8) is 0 Å². The van der Waals surface area contributed by atoms with Crippen LogP contribution in [0.15, 0.2) is 0 Å². The first kappa shape index (κ1) is 9.77. The summed E-state index contributed by atoms with van der Waals surface area (Å²) in [6.07, 6.45) is -0.787. The molecule has 7 heavy (non-hydrogen) atoms. The third-order valence-electron chi connectivity index (χ3n) is 0.588. The molecule has 0 rings (SSSR count). The summed E-state index contributed by atoms with van der Waals surface area (Å²) < 4.78 is 0. The minimum Gasteiger partial charge on any atom is -0.386 e. The van der Waals surface area contributed by atoms with Crippen LogP contribution in [0.3, 0.4) is 0 Å². The van der Waals surface area contributed by atoms with Crippen molar-refractivity contribution in [1.29, 1.82) is 0 Å². The maximum Gasteiger partial charge on any atom is 0.157 e. The van der Waals surface area contributed by atoms with Crippen molar-refractivity contribution in [2.75, 3.05) is 0 Å². The molecule has 0 fully saturated rings. The quantitative estimate of drug-likeness (QED) is 0.483. The summed E-state index contributed by atoms with van der Waals surface area (Å²) in [4.78, 5) is 9.89. The number of aliphatic hydroxyl groups excluding tert-OH is 1. The molecule has 3 radical (unpaired) electrons. The van der Waals surface area contributed by atoms with Crippen molar-refractivity contribution in [3.8, 4) is 0 Å². The fourth-order valence-corrected chi connectivity index (χ4v) is 0. The Bertz CT molecular complexity index is 60.7. The smallest absolute Gasteiger partial charge is 0.157 e. The third kappa shape index (κ3) is 5.59. The topological polar surface area (TPSA) is 67.8 Å². The van der Waals surface area contributed by atoms with E-state index in [2.05, 4.69) is 0 Å². The largest absolute Gasteiger partial charge is 0.386 e. The second kappa shape index (κ2) is 3.77. The molecule has 0 spiro atoms.